The van der Waals surface area contributed by atoms with Gasteiger partial charge < -0.3 is 10.1 Å². The fourth-order valence-corrected chi connectivity index (χ4v) is 1.68. The van der Waals surface area contributed by atoms with E-state index < -0.39 is 0 Å². The van der Waals surface area contributed by atoms with Crippen LogP contribution in [0.15, 0.2) is 30.5 Å². The van der Waals surface area contributed by atoms with E-state index in [1.54, 1.807) is 7.11 Å². The van der Waals surface area contributed by atoms with Gasteiger partial charge in [0.05, 0.1) is 7.11 Å². The SMILES string of the molecule is CC.COc1ccc(C2=CNCCC2)cc1. The van der Waals surface area contributed by atoms with Gasteiger partial charge in [0.1, 0.15) is 5.75 Å². The number of allylic oxidation sites excluding steroid dienone is 1. The Morgan fingerprint density at radius 3 is 2.31 bits per heavy atom. The first-order chi connectivity index (χ1) is 7.90. The van der Waals surface area contributed by atoms with Crippen molar-refractivity contribution in [2.45, 2.75) is 26.7 Å². The molecule has 0 fully saturated rings. The molecule has 16 heavy (non-hydrogen) atoms. The quantitative estimate of drug-likeness (QED) is 0.822. The molecule has 1 aliphatic rings. The number of rotatable bonds is 2. The fraction of sp³-hybridized carbons (Fsp3) is 0.429. The van der Waals surface area contributed by atoms with Gasteiger partial charge in [-0.1, -0.05) is 26.0 Å². The fourth-order valence-electron chi connectivity index (χ4n) is 1.68. The van der Waals surface area contributed by atoms with Crippen molar-refractivity contribution in [2.75, 3.05) is 13.7 Å². The van der Waals surface area contributed by atoms with E-state index in [0.717, 1.165) is 12.3 Å². The average Bonchev–Trinajstić information content (AvgIpc) is 2.42. The summed E-state index contributed by atoms with van der Waals surface area (Å²) in [5.74, 6) is 0.915. The van der Waals surface area contributed by atoms with Crippen LogP contribution >= 0.6 is 0 Å². The molecule has 1 aromatic carbocycles. The first-order valence-corrected chi connectivity index (χ1v) is 5.97. The van der Waals surface area contributed by atoms with E-state index in [1.807, 2.05) is 26.0 Å². The highest BCUT2D eigenvalue weighted by Crippen LogP contribution is 2.23. The molecule has 1 aromatic rings. The molecule has 0 atom stereocenters. The van der Waals surface area contributed by atoms with Crippen molar-refractivity contribution in [3.8, 4) is 5.75 Å². The van der Waals surface area contributed by atoms with Crippen LogP contribution in [0.2, 0.25) is 0 Å². The standard InChI is InChI=1S/C12H15NO.C2H6/c1-14-12-6-4-10(5-7-12)11-3-2-8-13-9-11;1-2/h4-7,9,13H,2-3,8H2,1H3;1-2H3. The summed E-state index contributed by atoms with van der Waals surface area (Å²) in [5.41, 5.74) is 2.68. The predicted octanol–water partition coefficient (Wildman–Crippen LogP) is 3.45. The minimum absolute atomic E-state index is 0.915. The van der Waals surface area contributed by atoms with Crippen LogP contribution in [0.25, 0.3) is 5.57 Å². The lowest BCUT2D eigenvalue weighted by atomic mass is 10.0. The number of nitrogens with one attached hydrogen (secondary N) is 1. The van der Waals surface area contributed by atoms with Crippen LogP contribution in [0.1, 0.15) is 32.3 Å². The van der Waals surface area contributed by atoms with Gasteiger partial charge in [0.2, 0.25) is 0 Å². The van der Waals surface area contributed by atoms with Gasteiger partial charge in [0.25, 0.3) is 0 Å². The maximum atomic E-state index is 5.12. The third-order valence-corrected chi connectivity index (χ3v) is 2.50. The molecule has 1 heterocycles. The van der Waals surface area contributed by atoms with E-state index in [-0.39, 0.29) is 0 Å². The van der Waals surface area contributed by atoms with Gasteiger partial charge in [0.15, 0.2) is 0 Å². The monoisotopic (exact) mass is 219 g/mol. The summed E-state index contributed by atoms with van der Waals surface area (Å²) in [4.78, 5) is 0. The first-order valence-electron chi connectivity index (χ1n) is 5.97. The summed E-state index contributed by atoms with van der Waals surface area (Å²) in [5, 5.41) is 3.27. The van der Waals surface area contributed by atoms with Crippen molar-refractivity contribution in [1.82, 2.24) is 5.32 Å². The molecule has 2 rings (SSSR count). The molecular formula is C14H21NO. The van der Waals surface area contributed by atoms with Gasteiger partial charge in [-0.2, -0.15) is 0 Å². The van der Waals surface area contributed by atoms with E-state index in [1.165, 1.54) is 24.0 Å². The highest BCUT2D eigenvalue weighted by atomic mass is 16.5. The minimum atomic E-state index is 0.915. The summed E-state index contributed by atoms with van der Waals surface area (Å²) in [6.45, 7) is 5.10. The van der Waals surface area contributed by atoms with Crippen molar-refractivity contribution < 1.29 is 4.74 Å². The lowest BCUT2D eigenvalue weighted by molar-refractivity contribution is 0.415. The summed E-state index contributed by atoms with van der Waals surface area (Å²) in [6.07, 6.45) is 4.50. The lowest BCUT2D eigenvalue weighted by Gasteiger charge is -2.14. The van der Waals surface area contributed by atoms with E-state index in [0.29, 0.717) is 0 Å². The zero-order valence-corrected chi connectivity index (χ0v) is 10.4. The number of hydrogen-bond acceptors (Lipinski definition) is 2. The predicted molar refractivity (Wildman–Crippen MR) is 69.6 cm³/mol. The van der Waals surface area contributed by atoms with Crippen LogP contribution in [-0.4, -0.2) is 13.7 Å². The number of benzene rings is 1. The maximum Gasteiger partial charge on any atom is 0.118 e. The highest BCUT2D eigenvalue weighted by molar-refractivity contribution is 5.66. The normalized spacial score (nSPS) is 14.1. The Morgan fingerprint density at radius 1 is 1.12 bits per heavy atom. The summed E-state index contributed by atoms with van der Waals surface area (Å²) in [6, 6.07) is 8.23. The summed E-state index contributed by atoms with van der Waals surface area (Å²) < 4.78 is 5.12. The van der Waals surface area contributed by atoms with Crippen molar-refractivity contribution in [1.29, 1.82) is 0 Å². The second-order valence-electron chi connectivity index (χ2n) is 3.46. The molecule has 0 spiro atoms. The van der Waals surface area contributed by atoms with Crippen molar-refractivity contribution in [3.05, 3.63) is 36.0 Å². The molecule has 0 bridgehead atoms. The molecule has 0 radical (unpaired) electrons. The molecule has 0 aromatic heterocycles. The van der Waals surface area contributed by atoms with Gasteiger partial charge >= 0.3 is 0 Å². The van der Waals surface area contributed by atoms with E-state index in [4.69, 9.17) is 4.74 Å². The van der Waals surface area contributed by atoms with Crippen molar-refractivity contribution >= 4 is 5.57 Å². The minimum Gasteiger partial charge on any atom is -0.497 e. The Balaban J connectivity index is 0.000000606. The second kappa shape index (κ2) is 6.94. The third-order valence-electron chi connectivity index (χ3n) is 2.50. The van der Waals surface area contributed by atoms with Gasteiger partial charge in [-0.3, -0.25) is 0 Å². The third kappa shape index (κ3) is 3.30. The van der Waals surface area contributed by atoms with Gasteiger partial charge in [-0.25, -0.2) is 0 Å². The molecule has 2 nitrogen and oxygen atoms in total. The molecule has 2 heteroatoms. The zero-order valence-electron chi connectivity index (χ0n) is 10.4. The van der Waals surface area contributed by atoms with Gasteiger partial charge in [0, 0.05) is 12.7 Å². The highest BCUT2D eigenvalue weighted by Gasteiger charge is 2.05. The van der Waals surface area contributed by atoms with Crippen LogP contribution in [0.4, 0.5) is 0 Å². The Morgan fingerprint density at radius 2 is 1.81 bits per heavy atom. The zero-order chi connectivity index (χ0) is 11.8. The number of hydrogen-bond donors (Lipinski definition) is 1. The van der Waals surface area contributed by atoms with Crippen molar-refractivity contribution in [3.63, 3.8) is 0 Å². The van der Waals surface area contributed by atoms with Crippen LogP contribution in [0.5, 0.6) is 5.75 Å². The molecule has 0 aliphatic carbocycles. The average molecular weight is 219 g/mol. The molecular weight excluding hydrogens is 198 g/mol. The molecule has 88 valence electrons. The summed E-state index contributed by atoms with van der Waals surface area (Å²) in [7, 11) is 1.69. The Labute approximate surface area is 98.3 Å². The molecule has 1 N–H and O–H groups in total. The molecule has 1 aliphatic heterocycles. The Hall–Kier alpha value is -1.44. The second-order valence-corrected chi connectivity index (χ2v) is 3.46. The Kier molecular flexibility index (Phi) is 5.48. The first kappa shape index (κ1) is 12.6. The lowest BCUT2D eigenvalue weighted by Crippen LogP contribution is -2.13. The van der Waals surface area contributed by atoms with Crippen LogP contribution in [0, 0.1) is 0 Å². The smallest absolute Gasteiger partial charge is 0.118 e. The van der Waals surface area contributed by atoms with E-state index in [2.05, 4.69) is 23.6 Å². The Bertz CT molecular complexity index is 327. The molecule has 0 saturated carbocycles. The van der Waals surface area contributed by atoms with E-state index in [9.17, 15) is 0 Å². The van der Waals surface area contributed by atoms with Gasteiger partial charge in [-0.05, 0) is 36.1 Å². The van der Waals surface area contributed by atoms with Gasteiger partial charge in [-0.15, -0.1) is 0 Å². The topological polar surface area (TPSA) is 21.3 Å². The number of methoxy groups -OCH3 is 1. The van der Waals surface area contributed by atoms with Crippen LogP contribution < -0.4 is 10.1 Å². The largest absolute Gasteiger partial charge is 0.497 e. The maximum absolute atomic E-state index is 5.12. The molecule has 0 saturated heterocycles. The summed E-state index contributed by atoms with van der Waals surface area (Å²) >= 11 is 0. The number of ether oxygens (including phenoxy) is 1. The van der Waals surface area contributed by atoms with E-state index >= 15 is 0 Å². The molecule has 0 amide bonds. The molecule has 0 unspecified atom stereocenters. The van der Waals surface area contributed by atoms with Crippen molar-refractivity contribution in [2.24, 2.45) is 0 Å². The van der Waals surface area contributed by atoms with Crippen LogP contribution in [-0.2, 0) is 0 Å². The van der Waals surface area contributed by atoms with Crippen LogP contribution in [0.3, 0.4) is 0 Å².